The molecule has 0 aliphatic carbocycles. The third-order valence-corrected chi connectivity index (χ3v) is 3.98. The van der Waals surface area contributed by atoms with Crippen LogP contribution in [0.2, 0.25) is 0 Å². The number of anilines is 1. The fourth-order valence-electron chi connectivity index (χ4n) is 1.49. The van der Waals surface area contributed by atoms with Crippen LogP contribution in [0.1, 0.15) is 19.8 Å². The third-order valence-electron chi connectivity index (χ3n) is 2.32. The smallest absolute Gasteiger partial charge is 0.226 e. The van der Waals surface area contributed by atoms with Crippen molar-refractivity contribution < 1.29 is 4.79 Å². The number of nitrogens with zero attached hydrogens (tertiary/aromatic N) is 1. The summed E-state index contributed by atoms with van der Waals surface area (Å²) in [6.45, 7) is 1.99. The summed E-state index contributed by atoms with van der Waals surface area (Å²) in [5, 5.41) is 3.52. The number of rotatable bonds is 4. The number of carbonyl (C=O) groups is 1. The lowest BCUT2D eigenvalue weighted by atomic mass is 10.3. The van der Waals surface area contributed by atoms with Crippen molar-refractivity contribution in [1.29, 1.82) is 0 Å². The van der Waals surface area contributed by atoms with Crippen LogP contribution < -0.4 is 5.32 Å². The largest absolute Gasteiger partial charge is 0.302 e. The minimum Gasteiger partial charge on any atom is -0.302 e. The number of thiazole rings is 1. The Bertz CT molecular complexity index is 536. The van der Waals surface area contributed by atoms with Crippen LogP contribution in [0.15, 0.2) is 23.1 Å². The maximum Gasteiger partial charge on any atom is 0.226 e. The summed E-state index contributed by atoms with van der Waals surface area (Å²) >= 11 is 3.23. The molecule has 17 heavy (non-hydrogen) atoms. The lowest BCUT2D eigenvalue weighted by molar-refractivity contribution is -0.116. The molecular formula is C12H14N2OS2. The van der Waals surface area contributed by atoms with Crippen LogP contribution in [0.25, 0.3) is 10.2 Å². The third kappa shape index (κ3) is 2.98. The fraction of sp³-hybridized carbons (Fsp3) is 0.333. The van der Waals surface area contributed by atoms with Gasteiger partial charge in [0, 0.05) is 11.3 Å². The molecule has 1 N–H and O–H groups in total. The first kappa shape index (κ1) is 12.4. The zero-order valence-corrected chi connectivity index (χ0v) is 11.5. The van der Waals surface area contributed by atoms with Gasteiger partial charge < -0.3 is 5.32 Å². The molecule has 1 aromatic heterocycles. The first-order valence-corrected chi connectivity index (χ1v) is 7.51. The van der Waals surface area contributed by atoms with E-state index in [4.69, 9.17) is 0 Å². The number of benzene rings is 1. The summed E-state index contributed by atoms with van der Waals surface area (Å²) in [5.41, 5.74) is 0.944. The van der Waals surface area contributed by atoms with Crippen LogP contribution >= 0.6 is 23.1 Å². The van der Waals surface area contributed by atoms with Gasteiger partial charge in [0.2, 0.25) is 5.91 Å². The standard InChI is InChI=1S/C12H14N2OS2/c1-3-4-11(15)14-12-13-9-6-5-8(16-2)7-10(9)17-12/h5-7H,3-4H2,1-2H3,(H,13,14,15). The van der Waals surface area contributed by atoms with Gasteiger partial charge in [0.05, 0.1) is 10.2 Å². The van der Waals surface area contributed by atoms with Crippen molar-refractivity contribution in [2.75, 3.05) is 11.6 Å². The molecule has 0 atom stereocenters. The van der Waals surface area contributed by atoms with Crippen molar-refractivity contribution in [1.82, 2.24) is 4.98 Å². The predicted octanol–water partition coefficient (Wildman–Crippen LogP) is 3.76. The molecular weight excluding hydrogens is 252 g/mol. The predicted molar refractivity (Wildman–Crippen MR) is 74.9 cm³/mol. The van der Waals surface area contributed by atoms with E-state index < -0.39 is 0 Å². The Morgan fingerprint density at radius 2 is 2.35 bits per heavy atom. The molecule has 0 aliphatic heterocycles. The summed E-state index contributed by atoms with van der Waals surface area (Å²) < 4.78 is 1.11. The molecule has 90 valence electrons. The molecule has 1 amide bonds. The highest BCUT2D eigenvalue weighted by atomic mass is 32.2. The number of aromatic nitrogens is 1. The van der Waals surface area contributed by atoms with Gasteiger partial charge in [-0.2, -0.15) is 0 Å². The lowest BCUT2D eigenvalue weighted by Crippen LogP contribution is -2.09. The summed E-state index contributed by atoms with van der Waals surface area (Å²) in [4.78, 5) is 17.1. The van der Waals surface area contributed by atoms with Crippen LogP contribution in [-0.2, 0) is 4.79 Å². The molecule has 2 aromatic rings. The second-order valence-corrected chi connectivity index (χ2v) is 5.56. The quantitative estimate of drug-likeness (QED) is 0.857. The van der Waals surface area contributed by atoms with Gasteiger partial charge in [-0.15, -0.1) is 11.8 Å². The molecule has 0 unspecified atom stereocenters. The van der Waals surface area contributed by atoms with Gasteiger partial charge in [-0.05, 0) is 30.9 Å². The normalized spacial score (nSPS) is 10.7. The van der Waals surface area contributed by atoms with E-state index >= 15 is 0 Å². The van der Waals surface area contributed by atoms with Crippen molar-refractivity contribution in [2.24, 2.45) is 0 Å². The minimum atomic E-state index is 0.0386. The maximum atomic E-state index is 11.5. The fourth-order valence-corrected chi connectivity index (χ4v) is 2.93. The highest BCUT2D eigenvalue weighted by Crippen LogP contribution is 2.29. The van der Waals surface area contributed by atoms with E-state index in [1.165, 1.54) is 16.2 Å². The highest BCUT2D eigenvalue weighted by Gasteiger charge is 2.07. The average molecular weight is 266 g/mol. The molecule has 0 saturated heterocycles. The molecule has 0 saturated carbocycles. The van der Waals surface area contributed by atoms with E-state index in [2.05, 4.69) is 16.4 Å². The van der Waals surface area contributed by atoms with E-state index in [1.54, 1.807) is 11.8 Å². The van der Waals surface area contributed by atoms with E-state index in [9.17, 15) is 4.79 Å². The van der Waals surface area contributed by atoms with Gasteiger partial charge >= 0.3 is 0 Å². The molecule has 1 heterocycles. The van der Waals surface area contributed by atoms with Crippen LogP contribution in [0.5, 0.6) is 0 Å². The van der Waals surface area contributed by atoms with Gasteiger partial charge in [-0.25, -0.2) is 4.98 Å². The number of hydrogen-bond donors (Lipinski definition) is 1. The molecule has 1 aromatic carbocycles. The number of nitrogens with one attached hydrogen (secondary N) is 1. The van der Waals surface area contributed by atoms with Crippen molar-refractivity contribution >= 4 is 44.4 Å². The molecule has 0 aliphatic rings. The molecule has 0 fully saturated rings. The van der Waals surface area contributed by atoms with E-state index in [-0.39, 0.29) is 5.91 Å². The van der Waals surface area contributed by atoms with Crippen molar-refractivity contribution in [3.63, 3.8) is 0 Å². The Labute approximate surface area is 109 Å². The minimum absolute atomic E-state index is 0.0386. The van der Waals surface area contributed by atoms with Crippen molar-refractivity contribution in [3.8, 4) is 0 Å². The average Bonchev–Trinajstić information content (AvgIpc) is 2.69. The second-order valence-electron chi connectivity index (χ2n) is 3.65. The lowest BCUT2D eigenvalue weighted by Gasteiger charge is -1.97. The van der Waals surface area contributed by atoms with Crippen molar-refractivity contribution in [2.45, 2.75) is 24.7 Å². The Balaban J connectivity index is 2.22. The number of thioether (sulfide) groups is 1. The number of hydrogen-bond acceptors (Lipinski definition) is 4. The summed E-state index contributed by atoms with van der Waals surface area (Å²) in [6.07, 6.45) is 3.45. The molecule has 2 rings (SSSR count). The van der Waals surface area contributed by atoms with Gasteiger partial charge in [-0.1, -0.05) is 18.3 Å². The van der Waals surface area contributed by atoms with Crippen LogP contribution in [-0.4, -0.2) is 17.1 Å². The van der Waals surface area contributed by atoms with Gasteiger partial charge in [0.1, 0.15) is 0 Å². The first-order chi connectivity index (χ1) is 8.22. The topological polar surface area (TPSA) is 42.0 Å². The van der Waals surface area contributed by atoms with E-state index in [1.807, 2.05) is 25.3 Å². The molecule has 0 radical (unpaired) electrons. The molecule has 3 nitrogen and oxygen atoms in total. The zero-order chi connectivity index (χ0) is 12.3. The van der Waals surface area contributed by atoms with E-state index in [0.717, 1.165) is 16.6 Å². The molecule has 0 spiro atoms. The van der Waals surface area contributed by atoms with Crippen LogP contribution in [0, 0.1) is 0 Å². The first-order valence-electron chi connectivity index (χ1n) is 5.47. The van der Waals surface area contributed by atoms with Gasteiger partial charge in [0.15, 0.2) is 5.13 Å². The van der Waals surface area contributed by atoms with E-state index in [0.29, 0.717) is 11.6 Å². The number of amides is 1. The molecule has 5 heteroatoms. The Hall–Kier alpha value is -1.07. The number of fused-ring (bicyclic) bond motifs is 1. The van der Waals surface area contributed by atoms with Crippen molar-refractivity contribution in [3.05, 3.63) is 18.2 Å². The summed E-state index contributed by atoms with van der Waals surface area (Å²) in [6, 6.07) is 6.14. The highest BCUT2D eigenvalue weighted by molar-refractivity contribution is 7.98. The Morgan fingerprint density at radius 3 is 3.06 bits per heavy atom. The zero-order valence-electron chi connectivity index (χ0n) is 9.82. The van der Waals surface area contributed by atoms with Gasteiger partial charge in [-0.3, -0.25) is 4.79 Å². The summed E-state index contributed by atoms with van der Waals surface area (Å²) in [5.74, 6) is 0.0386. The van der Waals surface area contributed by atoms with Crippen LogP contribution in [0.3, 0.4) is 0 Å². The molecule has 0 bridgehead atoms. The van der Waals surface area contributed by atoms with Crippen LogP contribution in [0.4, 0.5) is 5.13 Å². The number of carbonyl (C=O) groups excluding carboxylic acids is 1. The maximum absolute atomic E-state index is 11.5. The Kier molecular flexibility index (Phi) is 4.02. The monoisotopic (exact) mass is 266 g/mol. The van der Waals surface area contributed by atoms with Gasteiger partial charge in [0.25, 0.3) is 0 Å². The second kappa shape index (κ2) is 5.51. The summed E-state index contributed by atoms with van der Waals surface area (Å²) in [7, 11) is 0. The Morgan fingerprint density at radius 1 is 1.53 bits per heavy atom. The SMILES string of the molecule is CCCC(=O)Nc1nc2ccc(SC)cc2s1.